The van der Waals surface area contributed by atoms with Crippen LogP contribution in [0.15, 0.2) is 42.0 Å². The molecule has 1 aliphatic rings. The first-order valence-corrected chi connectivity index (χ1v) is 9.08. The van der Waals surface area contributed by atoms with E-state index in [1.807, 2.05) is 32.0 Å². The summed E-state index contributed by atoms with van der Waals surface area (Å²) >= 11 is 0. The third-order valence-electron chi connectivity index (χ3n) is 4.35. The fourth-order valence-electron chi connectivity index (χ4n) is 3.09. The van der Waals surface area contributed by atoms with Crippen LogP contribution < -0.4 is 19.5 Å². The number of hydrogen-bond acceptors (Lipinski definition) is 5. The van der Waals surface area contributed by atoms with Crippen molar-refractivity contribution in [3.05, 3.63) is 53.1 Å². The van der Waals surface area contributed by atoms with E-state index in [4.69, 9.17) is 14.2 Å². The first kappa shape index (κ1) is 19.3. The van der Waals surface area contributed by atoms with Crippen LogP contribution in [0.3, 0.4) is 0 Å². The molecule has 0 fully saturated rings. The summed E-state index contributed by atoms with van der Waals surface area (Å²) in [4.78, 5) is 12.6. The molecule has 6 heteroatoms. The minimum Gasteiger partial charge on any atom is -0.495 e. The maximum atomic E-state index is 12.6. The molecule has 144 valence electrons. The number of anilines is 1. The number of para-hydroxylation sites is 2. The average molecular weight is 378 g/mol. The molecule has 2 aromatic carbocycles. The summed E-state index contributed by atoms with van der Waals surface area (Å²) in [6.45, 7) is 4.36. The number of nitriles is 1. The maximum Gasteiger partial charge on any atom is 0.266 e. The van der Waals surface area contributed by atoms with Gasteiger partial charge in [0.1, 0.15) is 35.0 Å². The normalized spacial score (nSPS) is 15.2. The van der Waals surface area contributed by atoms with Crippen LogP contribution in [-0.4, -0.2) is 25.7 Å². The van der Waals surface area contributed by atoms with Crippen LogP contribution in [0.4, 0.5) is 5.69 Å². The minimum atomic E-state index is -0.524. The Morgan fingerprint density at radius 1 is 1.36 bits per heavy atom. The molecule has 0 spiro atoms. The van der Waals surface area contributed by atoms with Gasteiger partial charge in [0.25, 0.3) is 5.91 Å². The predicted molar refractivity (Wildman–Crippen MR) is 107 cm³/mol. The number of nitrogens with zero attached hydrogens (tertiary/aromatic N) is 1. The smallest absolute Gasteiger partial charge is 0.266 e. The highest BCUT2D eigenvalue weighted by atomic mass is 16.5. The lowest BCUT2D eigenvalue weighted by Crippen LogP contribution is -2.14. The maximum absolute atomic E-state index is 12.6. The van der Waals surface area contributed by atoms with Crippen LogP contribution >= 0.6 is 0 Å². The highest BCUT2D eigenvalue weighted by Crippen LogP contribution is 2.36. The average Bonchev–Trinajstić information content (AvgIpc) is 3.05. The summed E-state index contributed by atoms with van der Waals surface area (Å²) in [7, 11) is 1.52. The fourth-order valence-corrected chi connectivity index (χ4v) is 3.09. The largest absolute Gasteiger partial charge is 0.495 e. The molecule has 0 radical (unpaired) electrons. The molecule has 1 amide bonds. The molecule has 0 aliphatic carbocycles. The van der Waals surface area contributed by atoms with Crippen molar-refractivity contribution in [1.82, 2.24) is 0 Å². The second-order valence-electron chi connectivity index (χ2n) is 6.39. The summed E-state index contributed by atoms with van der Waals surface area (Å²) in [5.74, 6) is 1.37. The number of ether oxygens (including phenoxy) is 3. The van der Waals surface area contributed by atoms with Gasteiger partial charge in [0, 0.05) is 17.5 Å². The lowest BCUT2D eigenvalue weighted by Gasteiger charge is -2.11. The second-order valence-corrected chi connectivity index (χ2v) is 6.39. The second kappa shape index (κ2) is 8.49. The lowest BCUT2D eigenvalue weighted by atomic mass is 10.0. The zero-order chi connectivity index (χ0) is 20.1. The number of amides is 1. The van der Waals surface area contributed by atoms with Crippen molar-refractivity contribution in [1.29, 1.82) is 5.26 Å². The van der Waals surface area contributed by atoms with Crippen molar-refractivity contribution in [2.45, 2.75) is 26.4 Å². The van der Waals surface area contributed by atoms with E-state index in [0.29, 0.717) is 29.4 Å². The number of methoxy groups -OCH3 is 1. The highest BCUT2D eigenvalue weighted by molar-refractivity contribution is 6.10. The van der Waals surface area contributed by atoms with E-state index in [1.54, 1.807) is 24.3 Å². The number of nitrogens with one attached hydrogen (secondary N) is 1. The quantitative estimate of drug-likeness (QED) is 0.608. The topological polar surface area (TPSA) is 80.6 Å². The van der Waals surface area contributed by atoms with E-state index in [1.165, 1.54) is 13.2 Å². The Labute approximate surface area is 164 Å². The molecule has 1 unspecified atom stereocenters. The molecule has 0 bridgehead atoms. The van der Waals surface area contributed by atoms with Crippen molar-refractivity contribution < 1.29 is 19.0 Å². The molecule has 2 aromatic rings. The Morgan fingerprint density at radius 3 is 2.86 bits per heavy atom. The first-order valence-electron chi connectivity index (χ1n) is 9.08. The van der Waals surface area contributed by atoms with Crippen LogP contribution in [-0.2, 0) is 11.2 Å². The van der Waals surface area contributed by atoms with E-state index in [0.717, 1.165) is 17.7 Å². The molecule has 1 atom stereocenters. The van der Waals surface area contributed by atoms with Gasteiger partial charge in [0.15, 0.2) is 0 Å². The lowest BCUT2D eigenvalue weighted by molar-refractivity contribution is -0.112. The monoisotopic (exact) mass is 378 g/mol. The number of hydrogen-bond donors (Lipinski definition) is 1. The summed E-state index contributed by atoms with van der Waals surface area (Å²) in [5, 5.41) is 12.3. The van der Waals surface area contributed by atoms with Gasteiger partial charge in [-0.05, 0) is 44.2 Å². The molecule has 1 heterocycles. The molecule has 6 nitrogen and oxygen atoms in total. The van der Waals surface area contributed by atoms with Gasteiger partial charge in [-0.2, -0.15) is 5.26 Å². The zero-order valence-corrected chi connectivity index (χ0v) is 16.1. The van der Waals surface area contributed by atoms with Crippen molar-refractivity contribution in [2.75, 3.05) is 19.0 Å². The van der Waals surface area contributed by atoms with Crippen LogP contribution in [0.25, 0.3) is 6.08 Å². The molecule has 1 N–H and O–H groups in total. The van der Waals surface area contributed by atoms with Gasteiger partial charge in [-0.1, -0.05) is 12.1 Å². The third-order valence-corrected chi connectivity index (χ3v) is 4.35. The molecule has 1 aliphatic heterocycles. The number of carbonyl (C=O) groups excluding carboxylic acids is 1. The van der Waals surface area contributed by atoms with Gasteiger partial charge >= 0.3 is 0 Å². The molecule has 28 heavy (non-hydrogen) atoms. The summed E-state index contributed by atoms with van der Waals surface area (Å²) in [5.41, 5.74) is 2.14. The van der Waals surface area contributed by atoms with Crippen LogP contribution in [0.5, 0.6) is 17.2 Å². The number of fused-ring (bicyclic) bond motifs is 1. The minimum absolute atomic E-state index is 0.0437. The zero-order valence-electron chi connectivity index (χ0n) is 16.1. The van der Waals surface area contributed by atoms with Crippen molar-refractivity contribution in [2.24, 2.45) is 0 Å². The third kappa shape index (κ3) is 4.09. The van der Waals surface area contributed by atoms with Gasteiger partial charge < -0.3 is 19.5 Å². The van der Waals surface area contributed by atoms with Crippen molar-refractivity contribution >= 4 is 17.7 Å². The molecular formula is C22H22N2O4. The molecular weight excluding hydrogens is 356 g/mol. The van der Waals surface area contributed by atoms with Crippen LogP contribution in [0, 0.1) is 11.3 Å². The first-order chi connectivity index (χ1) is 13.5. The van der Waals surface area contributed by atoms with Gasteiger partial charge in [-0.15, -0.1) is 0 Å². The molecule has 0 saturated heterocycles. The molecule has 0 saturated carbocycles. The number of carbonyl (C=O) groups is 1. The molecule has 3 rings (SSSR count). The Morgan fingerprint density at radius 2 is 2.14 bits per heavy atom. The summed E-state index contributed by atoms with van der Waals surface area (Å²) in [6.07, 6.45) is 2.41. The predicted octanol–water partition coefficient (Wildman–Crippen LogP) is 3.96. The highest BCUT2D eigenvalue weighted by Gasteiger charge is 2.22. The summed E-state index contributed by atoms with van der Waals surface area (Å²) in [6, 6.07) is 12.7. The van der Waals surface area contributed by atoms with Gasteiger partial charge in [0.05, 0.1) is 19.4 Å². The Kier molecular flexibility index (Phi) is 5.85. The van der Waals surface area contributed by atoms with E-state index in [-0.39, 0.29) is 11.7 Å². The SMILES string of the molecule is CCOc1cc2c(cc1C=C(C#N)C(=O)Nc1ccccc1OC)OC(C)C2. The number of benzene rings is 2. The summed E-state index contributed by atoms with van der Waals surface area (Å²) < 4.78 is 16.7. The Bertz CT molecular complexity index is 959. The standard InChI is InChI=1S/C22H22N2O4/c1-4-27-20-11-15-9-14(2)28-21(15)12-16(20)10-17(13-23)22(25)24-18-7-5-6-8-19(18)26-3/h5-8,10-12,14H,4,9H2,1-3H3,(H,24,25). The van der Waals surface area contributed by atoms with Crippen LogP contribution in [0.2, 0.25) is 0 Å². The van der Waals surface area contributed by atoms with Gasteiger partial charge in [0.2, 0.25) is 0 Å². The Balaban J connectivity index is 1.93. The van der Waals surface area contributed by atoms with Gasteiger partial charge in [-0.3, -0.25) is 4.79 Å². The fraction of sp³-hybridized carbons (Fsp3) is 0.273. The van der Waals surface area contributed by atoms with E-state index < -0.39 is 5.91 Å². The number of rotatable bonds is 6. The van der Waals surface area contributed by atoms with Crippen LogP contribution in [0.1, 0.15) is 25.0 Å². The van der Waals surface area contributed by atoms with E-state index in [2.05, 4.69) is 5.32 Å². The van der Waals surface area contributed by atoms with E-state index in [9.17, 15) is 10.1 Å². The van der Waals surface area contributed by atoms with E-state index >= 15 is 0 Å². The molecule has 0 aromatic heterocycles. The Hall–Kier alpha value is -3.46. The van der Waals surface area contributed by atoms with Crippen molar-refractivity contribution in [3.63, 3.8) is 0 Å². The van der Waals surface area contributed by atoms with Crippen molar-refractivity contribution in [3.8, 4) is 23.3 Å². The van der Waals surface area contributed by atoms with Gasteiger partial charge in [-0.25, -0.2) is 0 Å².